The standard InChI is InChI=1S/C14H18N2O3/c1-2-19-14(18)15-7-10-6-11(9-15)12-4-3-5-13(17)16(12)8-10/h3-5,10-11H,2,6-9H2,1H3. The zero-order valence-corrected chi connectivity index (χ0v) is 11.0. The molecular formula is C14H18N2O3. The van der Waals surface area contributed by atoms with Crippen LogP contribution >= 0.6 is 0 Å². The number of nitrogens with zero attached hydrogens (tertiary/aromatic N) is 2. The van der Waals surface area contributed by atoms with Gasteiger partial charge >= 0.3 is 6.09 Å². The van der Waals surface area contributed by atoms with Gasteiger partial charge < -0.3 is 14.2 Å². The second-order valence-corrected chi connectivity index (χ2v) is 5.30. The lowest BCUT2D eigenvalue weighted by molar-refractivity contribution is 0.0721. The Balaban J connectivity index is 1.88. The van der Waals surface area contributed by atoms with Gasteiger partial charge in [0.1, 0.15) is 0 Å². The summed E-state index contributed by atoms with van der Waals surface area (Å²) in [6.45, 7) is 4.27. The summed E-state index contributed by atoms with van der Waals surface area (Å²) < 4.78 is 6.94. The molecule has 102 valence electrons. The Labute approximate surface area is 111 Å². The predicted octanol–water partition coefficient (Wildman–Crippen LogP) is 1.42. The summed E-state index contributed by atoms with van der Waals surface area (Å²) >= 11 is 0. The van der Waals surface area contributed by atoms with Crippen LogP contribution in [-0.2, 0) is 11.3 Å². The highest BCUT2D eigenvalue weighted by Gasteiger charge is 2.36. The highest BCUT2D eigenvalue weighted by atomic mass is 16.6. The molecule has 0 radical (unpaired) electrons. The first-order valence-corrected chi connectivity index (χ1v) is 6.80. The Morgan fingerprint density at radius 1 is 1.37 bits per heavy atom. The summed E-state index contributed by atoms with van der Waals surface area (Å²) in [4.78, 5) is 25.5. The van der Waals surface area contributed by atoms with E-state index >= 15 is 0 Å². The Morgan fingerprint density at radius 2 is 2.21 bits per heavy atom. The monoisotopic (exact) mass is 262 g/mol. The normalized spacial score (nSPS) is 24.8. The maximum Gasteiger partial charge on any atom is 0.409 e. The largest absolute Gasteiger partial charge is 0.450 e. The molecule has 5 nitrogen and oxygen atoms in total. The average Bonchev–Trinajstić information content (AvgIpc) is 2.40. The molecule has 1 aromatic rings. The quantitative estimate of drug-likeness (QED) is 0.769. The zero-order chi connectivity index (χ0) is 13.4. The lowest BCUT2D eigenvalue weighted by Gasteiger charge is -2.42. The van der Waals surface area contributed by atoms with E-state index in [0.717, 1.165) is 12.1 Å². The van der Waals surface area contributed by atoms with Crippen molar-refractivity contribution < 1.29 is 9.53 Å². The molecular weight excluding hydrogens is 244 g/mol. The molecule has 0 aliphatic carbocycles. The van der Waals surface area contributed by atoms with Crippen LogP contribution in [0.1, 0.15) is 25.0 Å². The summed E-state index contributed by atoms with van der Waals surface area (Å²) in [5.74, 6) is 0.613. The zero-order valence-electron chi connectivity index (χ0n) is 11.0. The maximum atomic E-state index is 11.9. The van der Waals surface area contributed by atoms with Crippen LogP contribution in [0.4, 0.5) is 4.79 Å². The molecule has 2 bridgehead atoms. The van der Waals surface area contributed by atoms with Gasteiger partial charge in [-0.3, -0.25) is 4.79 Å². The van der Waals surface area contributed by atoms with Crippen LogP contribution < -0.4 is 5.56 Å². The molecule has 2 aliphatic rings. The van der Waals surface area contributed by atoms with Gasteiger partial charge in [0.05, 0.1) is 6.61 Å². The minimum atomic E-state index is -0.232. The third kappa shape index (κ3) is 2.13. The summed E-state index contributed by atoms with van der Waals surface area (Å²) in [6.07, 6.45) is 0.822. The molecule has 0 N–H and O–H groups in total. The lowest BCUT2D eigenvalue weighted by atomic mass is 9.83. The van der Waals surface area contributed by atoms with Crippen molar-refractivity contribution in [3.05, 3.63) is 34.2 Å². The van der Waals surface area contributed by atoms with E-state index in [4.69, 9.17) is 4.74 Å². The fourth-order valence-corrected chi connectivity index (χ4v) is 3.26. The molecule has 1 saturated heterocycles. The van der Waals surface area contributed by atoms with Crippen molar-refractivity contribution in [1.29, 1.82) is 0 Å². The lowest BCUT2D eigenvalue weighted by Crippen LogP contribution is -2.49. The van der Waals surface area contributed by atoms with Crippen LogP contribution in [0.5, 0.6) is 0 Å². The van der Waals surface area contributed by atoms with E-state index in [0.29, 0.717) is 32.2 Å². The smallest absolute Gasteiger partial charge is 0.409 e. The van der Waals surface area contributed by atoms with Gasteiger partial charge in [0, 0.05) is 37.3 Å². The van der Waals surface area contributed by atoms with Crippen LogP contribution in [-0.4, -0.2) is 35.3 Å². The third-order valence-electron chi connectivity index (χ3n) is 4.01. The third-order valence-corrected chi connectivity index (χ3v) is 4.01. The molecule has 0 saturated carbocycles. The molecule has 2 aliphatic heterocycles. The number of carbonyl (C=O) groups excluding carboxylic acids is 1. The van der Waals surface area contributed by atoms with Crippen molar-refractivity contribution in [3.63, 3.8) is 0 Å². The van der Waals surface area contributed by atoms with Gasteiger partial charge in [-0.05, 0) is 25.3 Å². The molecule has 2 atom stereocenters. The number of hydrogen-bond donors (Lipinski definition) is 0. The van der Waals surface area contributed by atoms with E-state index in [9.17, 15) is 9.59 Å². The number of aromatic nitrogens is 1. The molecule has 0 spiro atoms. The first-order valence-electron chi connectivity index (χ1n) is 6.80. The predicted molar refractivity (Wildman–Crippen MR) is 70.1 cm³/mol. The first kappa shape index (κ1) is 12.3. The van der Waals surface area contributed by atoms with Crippen molar-refractivity contribution in [2.75, 3.05) is 19.7 Å². The van der Waals surface area contributed by atoms with Gasteiger partial charge in [-0.25, -0.2) is 4.79 Å². The van der Waals surface area contributed by atoms with E-state index < -0.39 is 0 Å². The number of amides is 1. The molecule has 0 aromatic carbocycles. The summed E-state index contributed by atoms with van der Waals surface area (Å²) in [6, 6.07) is 5.41. The maximum absolute atomic E-state index is 11.9. The number of carbonyl (C=O) groups is 1. The highest BCUT2D eigenvalue weighted by Crippen LogP contribution is 2.34. The number of hydrogen-bond acceptors (Lipinski definition) is 3. The van der Waals surface area contributed by atoms with Crippen molar-refractivity contribution >= 4 is 6.09 Å². The minimum Gasteiger partial charge on any atom is -0.450 e. The van der Waals surface area contributed by atoms with E-state index in [-0.39, 0.29) is 17.6 Å². The number of likely N-dealkylation sites (tertiary alicyclic amines) is 1. The Bertz CT molecular complexity index is 552. The number of ether oxygens (including phenoxy) is 1. The van der Waals surface area contributed by atoms with Gasteiger partial charge in [-0.15, -0.1) is 0 Å². The second kappa shape index (κ2) is 4.72. The average molecular weight is 262 g/mol. The van der Waals surface area contributed by atoms with E-state index in [1.54, 1.807) is 17.0 Å². The summed E-state index contributed by atoms with van der Waals surface area (Å²) in [7, 11) is 0. The second-order valence-electron chi connectivity index (χ2n) is 5.30. The molecule has 3 rings (SSSR count). The highest BCUT2D eigenvalue weighted by molar-refractivity contribution is 5.67. The van der Waals surface area contributed by atoms with Crippen molar-refractivity contribution in [3.8, 4) is 0 Å². The van der Waals surface area contributed by atoms with Gasteiger partial charge in [0.15, 0.2) is 0 Å². The van der Waals surface area contributed by atoms with Crippen LogP contribution in [0, 0.1) is 5.92 Å². The van der Waals surface area contributed by atoms with Gasteiger partial charge in [0.25, 0.3) is 5.56 Å². The van der Waals surface area contributed by atoms with Gasteiger partial charge in [-0.2, -0.15) is 0 Å². The number of piperidine rings is 1. The number of rotatable bonds is 1. The van der Waals surface area contributed by atoms with Gasteiger partial charge in [-0.1, -0.05) is 6.07 Å². The van der Waals surface area contributed by atoms with Crippen LogP contribution in [0.15, 0.2) is 23.0 Å². The van der Waals surface area contributed by atoms with E-state index in [2.05, 4.69) is 0 Å². The van der Waals surface area contributed by atoms with E-state index in [1.807, 2.05) is 17.6 Å². The minimum absolute atomic E-state index is 0.0665. The first-order chi connectivity index (χ1) is 9.19. The summed E-state index contributed by atoms with van der Waals surface area (Å²) in [5, 5.41) is 0. The number of fused-ring (bicyclic) bond motifs is 4. The SMILES string of the molecule is CCOC(=O)N1CC2CC(C1)c1cccc(=O)n1C2. The molecule has 19 heavy (non-hydrogen) atoms. The van der Waals surface area contributed by atoms with Crippen LogP contribution in [0.2, 0.25) is 0 Å². The molecule has 5 heteroatoms. The fourth-order valence-electron chi connectivity index (χ4n) is 3.26. The molecule has 3 heterocycles. The molecule has 1 fully saturated rings. The Kier molecular flexibility index (Phi) is 3.05. The molecule has 1 amide bonds. The van der Waals surface area contributed by atoms with Crippen molar-refractivity contribution in [1.82, 2.24) is 9.47 Å². The van der Waals surface area contributed by atoms with E-state index in [1.165, 1.54) is 0 Å². The van der Waals surface area contributed by atoms with Crippen molar-refractivity contribution in [2.45, 2.75) is 25.8 Å². The van der Waals surface area contributed by atoms with Crippen molar-refractivity contribution in [2.24, 2.45) is 5.92 Å². The van der Waals surface area contributed by atoms with Gasteiger partial charge in [0.2, 0.25) is 0 Å². The molecule has 2 unspecified atom stereocenters. The Morgan fingerprint density at radius 3 is 3.00 bits per heavy atom. The van der Waals surface area contributed by atoms with Crippen LogP contribution in [0.25, 0.3) is 0 Å². The topological polar surface area (TPSA) is 51.5 Å². The van der Waals surface area contributed by atoms with Crippen LogP contribution in [0.3, 0.4) is 0 Å². The fraction of sp³-hybridized carbons (Fsp3) is 0.571. The Hall–Kier alpha value is -1.78. The summed E-state index contributed by atoms with van der Waals surface area (Å²) in [5.41, 5.74) is 1.12. The number of pyridine rings is 1. The molecule has 1 aromatic heterocycles.